The van der Waals surface area contributed by atoms with E-state index in [1.165, 1.54) is 5.56 Å². The number of hydrogen-bond donors (Lipinski definition) is 1. The minimum atomic E-state index is -0.787. The Balaban J connectivity index is 1.29. The molecule has 0 aromatic heterocycles. The fraction of sp³-hybridized carbons (Fsp3) is 0.300. The van der Waals surface area contributed by atoms with Crippen molar-refractivity contribution in [3.8, 4) is 5.75 Å². The summed E-state index contributed by atoms with van der Waals surface area (Å²) in [5.41, 5.74) is 6.65. The Labute approximate surface area is 216 Å². The Hall–Kier alpha value is -3.12. The average molecular weight is 504 g/mol. The Bertz CT molecular complexity index is 1240. The second kappa shape index (κ2) is 10.9. The largest absolute Gasteiger partial charge is 0.490 e. The number of aryl methyl sites for hydroxylation is 2. The molecule has 6 heteroatoms. The third kappa shape index (κ3) is 6.16. The van der Waals surface area contributed by atoms with E-state index >= 15 is 0 Å². The van der Waals surface area contributed by atoms with E-state index in [0.29, 0.717) is 30.3 Å². The molecule has 186 valence electrons. The summed E-state index contributed by atoms with van der Waals surface area (Å²) in [4.78, 5) is 13.3. The molecule has 0 radical (unpaired) electrons. The molecule has 3 aromatic carbocycles. The number of halogens is 1. The number of carboxylic acid groups (broad SMARTS) is 1. The predicted octanol–water partition coefficient (Wildman–Crippen LogP) is 5.76. The number of carbonyl (C=O) groups is 1. The molecule has 1 unspecified atom stereocenters. The molecule has 0 amide bonds. The van der Waals surface area contributed by atoms with E-state index in [1.807, 2.05) is 49.4 Å². The first-order chi connectivity index (χ1) is 17.4. The molecule has 2 heterocycles. The Kier molecular flexibility index (Phi) is 7.42. The molecule has 2 fully saturated rings. The highest BCUT2D eigenvalue weighted by Gasteiger charge is 2.46. The van der Waals surface area contributed by atoms with E-state index in [4.69, 9.17) is 26.2 Å². The minimum Gasteiger partial charge on any atom is -0.490 e. The normalized spacial score (nSPS) is 19.2. The molecular weight excluding hydrogens is 474 g/mol. The van der Waals surface area contributed by atoms with Crippen LogP contribution in [0.3, 0.4) is 0 Å². The lowest BCUT2D eigenvalue weighted by Crippen LogP contribution is -2.23. The van der Waals surface area contributed by atoms with E-state index in [9.17, 15) is 4.79 Å². The standard InChI is InChI=1S/C30H30ClNO4/c1-20-16-26(12-8-22(20)9-13-30(33)34)35-15-14-27(24-6-10-25(31)11-7-24)23-4-2-21(3-5-23)17-32-18-28-29(19-32)36-28/h2-8,10-12,14,16,28-29H,9,13,15,17-19H2,1H3,(H,33,34)/b27-14-/t28-,29?/m0/s1. The van der Waals surface area contributed by atoms with Gasteiger partial charge in [-0.05, 0) is 77.1 Å². The zero-order valence-electron chi connectivity index (χ0n) is 20.3. The smallest absolute Gasteiger partial charge is 0.303 e. The van der Waals surface area contributed by atoms with Crippen LogP contribution in [0.5, 0.6) is 5.75 Å². The fourth-order valence-corrected chi connectivity index (χ4v) is 4.92. The van der Waals surface area contributed by atoms with Crippen molar-refractivity contribution in [2.24, 2.45) is 0 Å². The monoisotopic (exact) mass is 503 g/mol. The van der Waals surface area contributed by atoms with Crippen LogP contribution < -0.4 is 4.74 Å². The van der Waals surface area contributed by atoms with Crippen molar-refractivity contribution in [2.75, 3.05) is 19.7 Å². The number of rotatable bonds is 10. The second-order valence-electron chi connectivity index (χ2n) is 9.52. The van der Waals surface area contributed by atoms with Gasteiger partial charge in [0.15, 0.2) is 0 Å². The van der Waals surface area contributed by atoms with Crippen LogP contribution in [0.2, 0.25) is 5.02 Å². The van der Waals surface area contributed by atoms with Gasteiger partial charge in [-0.3, -0.25) is 9.69 Å². The molecule has 2 saturated heterocycles. The second-order valence-corrected chi connectivity index (χ2v) is 9.96. The minimum absolute atomic E-state index is 0.126. The fourth-order valence-electron chi connectivity index (χ4n) is 4.79. The SMILES string of the molecule is Cc1cc(OC/C=C(\c2ccc(Cl)cc2)c2ccc(CN3CC4O[C@H]4C3)cc2)ccc1CCC(=O)O. The molecule has 0 aliphatic carbocycles. The highest BCUT2D eigenvalue weighted by molar-refractivity contribution is 6.30. The van der Waals surface area contributed by atoms with Crippen LogP contribution in [0, 0.1) is 6.92 Å². The Morgan fingerprint density at radius 2 is 1.72 bits per heavy atom. The third-order valence-corrected chi connectivity index (χ3v) is 7.10. The molecule has 36 heavy (non-hydrogen) atoms. The number of aliphatic carboxylic acids is 1. The van der Waals surface area contributed by atoms with Crippen LogP contribution >= 0.6 is 11.6 Å². The van der Waals surface area contributed by atoms with Gasteiger partial charge in [0, 0.05) is 31.1 Å². The van der Waals surface area contributed by atoms with Crippen LogP contribution in [0.4, 0.5) is 0 Å². The van der Waals surface area contributed by atoms with E-state index in [0.717, 1.165) is 53.2 Å². The zero-order chi connectivity index (χ0) is 25.1. The van der Waals surface area contributed by atoms with Crippen LogP contribution in [0.1, 0.15) is 34.2 Å². The first-order valence-electron chi connectivity index (χ1n) is 12.3. The molecule has 5 nitrogen and oxygen atoms in total. The first-order valence-corrected chi connectivity index (χ1v) is 12.7. The molecule has 0 saturated carbocycles. The molecule has 1 N–H and O–H groups in total. The van der Waals surface area contributed by atoms with Crippen molar-refractivity contribution in [2.45, 2.75) is 38.5 Å². The highest BCUT2D eigenvalue weighted by atomic mass is 35.5. The number of hydrogen-bond acceptors (Lipinski definition) is 4. The summed E-state index contributed by atoms with van der Waals surface area (Å²) in [6.07, 6.45) is 3.64. The van der Waals surface area contributed by atoms with Gasteiger partial charge in [-0.25, -0.2) is 0 Å². The van der Waals surface area contributed by atoms with Gasteiger partial charge in [-0.1, -0.05) is 54.1 Å². The lowest BCUT2D eigenvalue weighted by molar-refractivity contribution is -0.136. The first kappa shape index (κ1) is 24.6. The summed E-state index contributed by atoms with van der Waals surface area (Å²) in [5.74, 6) is -0.0222. The van der Waals surface area contributed by atoms with Crippen molar-refractivity contribution in [1.29, 1.82) is 0 Å². The molecule has 2 aliphatic rings. The van der Waals surface area contributed by atoms with Crippen LogP contribution in [0.15, 0.2) is 72.8 Å². The number of nitrogens with zero attached hydrogens (tertiary/aromatic N) is 1. The topological polar surface area (TPSA) is 62.3 Å². The van der Waals surface area contributed by atoms with Gasteiger partial charge in [0.2, 0.25) is 0 Å². The van der Waals surface area contributed by atoms with Crippen molar-refractivity contribution < 1.29 is 19.4 Å². The molecule has 2 atom stereocenters. The number of benzene rings is 3. The average Bonchev–Trinajstić information content (AvgIpc) is 3.48. The molecule has 0 spiro atoms. The van der Waals surface area contributed by atoms with Gasteiger partial charge in [0.1, 0.15) is 12.4 Å². The molecule has 5 rings (SSSR count). The van der Waals surface area contributed by atoms with Gasteiger partial charge in [0.05, 0.1) is 12.2 Å². The maximum Gasteiger partial charge on any atom is 0.303 e. The lowest BCUT2D eigenvalue weighted by atomic mass is 9.96. The van der Waals surface area contributed by atoms with Crippen molar-refractivity contribution in [1.82, 2.24) is 4.90 Å². The molecular formula is C30H30ClNO4. The molecule has 3 aromatic rings. The summed E-state index contributed by atoms with van der Waals surface area (Å²) in [6, 6.07) is 22.4. The van der Waals surface area contributed by atoms with Crippen LogP contribution in [-0.2, 0) is 22.5 Å². The predicted molar refractivity (Wildman–Crippen MR) is 142 cm³/mol. The Morgan fingerprint density at radius 3 is 2.36 bits per heavy atom. The third-order valence-electron chi connectivity index (χ3n) is 6.85. The maximum atomic E-state index is 10.9. The van der Waals surface area contributed by atoms with Crippen LogP contribution in [-0.4, -0.2) is 47.9 Å². The summed E-state index contributed by atoms with van der Waals surface area (Å²) in [6.45, 7) is 5.39. The summed E-state index contributed by atoms with van der Waals surface area (Å²) in [5, 5.41) is 9.64. The summed E-state index contributed by atoms with van der Waals surface area (Å²) < 4.78 is 11.6. The molecule has 2 aliphatic heterocycles. The number of carboxylic acids is 1. The van der Waals surface area contributed by atoms with E-state index in [2.05, 4.69) is 35.2 Å². The van der Waals surface area contributed by atoms with Crippen molar-refractivity contribution in [3.05, 3.63) is 106 Å². The van der Waals surface area contributed by atoms with E-state index in [1.54, 1.807) is 0 Å². The summed E-state index contributed by atoms with van der Waals surface area (Å²) >= 11 is 6.14. The maximum absolute atomic E-state index is 10.9. The number of ether oxygens (including phenoxy) is 2. The van der Waals surface area contributed by atoms with Gasteiger partial charge >= 0.3 is 5.97 Å². The number of likely N-dealkylation sites (tertiary alicyclic amines) is 1. The lowest BCUT2D eigenvalue weighted by Gasteiger charge is -2.17. The number of epoxide rings is 1. The van der Waals surface area contributed by atoms with Gasteiger partial charge in [-0.2, -0.15) is 0 Å². The van der Waals surface area contributed by atoms with E-state index < -0.39 is 5.97 Å². The number of morpholine rings is 1. The van der Waals surface area contributed by atoms with E-state index in [-0.39, 0.29) is 6.42 Å². The highest BCUT2D eigenvalue weighted by Crippen LogP contribution is 2.32. The van der Waals surface area contributed by atoms with Gasteiger partial charge in [-0.15, -0.1) is 0 Å². The zero-order valence-corrected chi connectivity index (χ0v) is 21.1. The number of fused-ring (bicyclic) bond motifs is 1. The van der Waals surface area contributed by atoms with Crippen molar-refractivity contribution in [3.63, 3.8) is 0 Å². The van der Waals surface area contributed by atoms with Crippen molar-refractivity contribution >= 4 is 23.1 Å². The Morgan fingerprint density at radius 1 is 1.06 bits per heavy atom. The molecule has 0 bridgehead atoms. The van der Waals surface area contributed by atoms with Gasteiger partial charge in [0.25, 0.3) is 0 Å². The van der Waals surface area contributed by atoms with Crippen LogP contribution in [0.25, 0.3) is 5.57 Å². The quantitative estimate of drug-likeness (QED) is 0.356. The summed E-state index contributed by atoms with van der Waals surface area (Å²) in [7, 11) is 0. The van der Waals surface area contributed by atoms with Gasteiger partial charge < -0.3 is 14.6 Å².